The van der Waals surface area contributed by atoms with Gasteiger partial charge in [-0.05, 0) is 82.4 Å². The monoisotopic (exact) mass is 535 g/mol. The number of hydrogen-bond donors (Lipinski definition) is 1. The van der Waals surface area contributed by atoms with Crippen LogP contribution in [0.3, 0.4) is 0 Å². The third kappa shape index (κ3) is 6.44. The van der Waals surface area contributed by atoms with Gasteiger partial charge in [0.2, 0.25) is 5.91 Å². The maximum atomic E-state index is 14.1. The number of carboxylic acid groups (broad SMARTS) is 1. The lowest BCUT2D eigenvalue weighted by atomic mass is 9.81. The van der Waals surface area contributed by atoms with Gasteiger partial charge in [-0.2, -0.15) is 0 Å². The van der Waals surface area contributed by atoms with Crippen LogP contribution >= 0.6 is 11.3 Å². The molecule has 1 N–H and O–H groups in total. The van der Waals surface area contributed by atoms with E-state index in [1.807, 2.05) is 20.8 Å². The van der Waals surface area contributed by atoms with Crippen LogP contribution in [0.5, 0.6) is 0 Å². The molecule has 2 atom stereocenters. The van der Waals surface area contributed by atoms with Crippen molar-refractivity contribution >= 4 is 34.8 Å². The van der Waals surface area contributed by atoms with Crippen molar-refractivity contribution in [3.63, 3.8) is 0 Å². The molecule has 0 bridgehead atoms. The zero-order valence-electron chi connectivity index (χ0n) is 22.6. The second-order valence-corrected chi connectivity index (χ2v) is 12.5. The van der Waals surface area contributed by atoms with Crippen molar-refractivity contribution in [3.8, 4) is 11.8 Å². The SMILES string of the molecule is CC1CCC(C(=O)N(c2ccsc2C(=O)O)C2CCN(C(=O)c3cccnc3)C(C#CC(C)(C)C)C2)CC1. The first-order chi connectivity index (χ1) is 18.0. The Labute approximate surface area is 229 Å². The van der Waals surface area contributed by atoms with Gasteiger partial charge in [0.05, 0.1) is 17.3 Å². The third-order valence-electron chi connectivity index (χ3n) is 7.42. The van der Waals surface area contributed by atoms with E-state index in [0.717, 1.165) is 37.0 Å². The summed E-state index contributed by atoms with van der Waals surface area (Å²) in [6, 6.07) is 4.58. The lowest BCUT2D eigenvalue weighted by Gasteiger charge is -2.43. The number of aromatic nitrogens is 1. The van der Waals surface area contributed by atoms with Gasteiger partial charge in [0.1, 0.15) is 4.88 Å². The highest BCUT2D eigenvalue weighted by Gasteiger charge is 2.40. The Kier molecular flexibility index (Phi) is 8.57. The molecule has 1 saturated heterocycles. The molecule has 0 aromatic carbocycles. The highest BCUT2D eigenvalue weighted by molar-refractivity contribution is 7.12. The minimum atomic E-state index is -1.03. The van der Waals surface area contributed by atoms with Gasteiger partial charge >= 0.3 is 5.97 Å². The molecule has 0 spiro atoms. The number of pyridine rings is 1. The third-order valence-corrected chi connectivity index (χ3v) is 8.32. The summed E-state index contributed by atoms with van der Waals surface area (Å²) in [5.74, 6) is 5.94. The van der Waals surface area contributed by atoms with Crippen molar-refractivity contribution in [1.82, 2.24) is 9.88 Å². The lowest BCUT2D eigenvalue weighted by Crippen LogP contribution is -2.54. The van der Waals surface area contributed by atoms with Crippen LogP contribution in [0.25, 0.3) is 0 Å². The van der Waals surface area contributed by atoms with E-state index in [2.05, 4.69) is 23.7 Å². The molecule has 2 aliphatic rings. The summed E-state index contributed by atoms with van der Waals surface area (Å²) < 4.78 is 0. The molecular weight excluding hydrogens is 498 g/mol. The summed E-state index contributed by atoms with van der Waals surface area (Å²) in [7, 11) is 0. The molecule has 2 fully saturated rings. The highest BCUT2D eigenvalue weighted by atomic mass is 32.1. The zero-order chi connectivity index (χ0) is 27.4. The molecule has 2 aromatic heterocycles. The fourth-order valence-electron chi connectivity index (χ4n) is 5.37. The Hall–Kier alpha value is -3.18. The average Bonchev–Trinajstić information content (AvgIpc) is 3.37. The van der Waals surface area contributed by atoms with Crippen molar-refractivity contribution in [3.05, 3.63) is 46.4 Å². The maximum Gasteiger partial charge on any atom is 0.348 e. The van der Waals surface area contributed by atoms with E-state index in [0.29, 0.717) is 36.6 Å². The number of nitrogens with zero attached hydrogens (tertiary/aromatic N) is 3. The number of piperidine rings is 1. The van der Waals surface area contributed by atoms with Crippen LogP contribution in [0.4, 0.5) is 5.69 Å². The smallest absolute Gasteiger partial charge is 0.348 e. The molecule has 38 heavy (non-hydrogen) atoms. The summed E-state index contributed by atoms with van der Waals surface area (Å²) in [6.45, 7) is 8.71. The van der Waals surface area contributed by atoms with Gasteiger partial charge in [-0.3, -0.25) is 14.6 Å². The van der Waals surface area contributed by atoms with Crippen molar-refractivity contribution in [1.29, 1.82) is 0 Å². The first kappa shape index (κ1) is 27.8. The Bertz CT molecular complexity index is 1220. The van der Waals surface area contributed by atoms with Crippen LogP contribution < -0.4 is 4.90 Å². The summed E-state index contributed by atoms with van der Waals surface area (Å²) in [6.07, 6.45) is 7.82. The number of anilines is 1. The van der Waals surface area contributed by atoms with Crippen LogP contribution in [0.2, 0.25) is 0 Å². The van der Waals surface area contributed by atoms with E-state index in [4.69, 9.17) is 0 Å². The molecule has 0 radical (unpaired) electrons. The zero-order valence-corrected chi connectivity index (χ0v) is 23.5. The van der Waals surface area contributed by atoms with Crippen LogP contribution in [-0.2, 0) is 4.79 Å². The van der Waals surface area contributed by atoms with E-state index in [1.165, 1.54) is 0 Å². The second kappa shape index (κ2) is 11.7. The summed E-state index contributed by atoms with van der Waals surface area (Å²) >= 11 is 1.14. The van der Waals surface area contributed by atoms with Gasteiger partial charge in [0.15, 0.2) is 0 Å². The number of carbonyl (C=O) groups is 3. The van der Waals surface area contributed by atoms with Crippen LogP contribution in [0.15, 0.2) is 36.0 Å². The second-order valence-electron chi connectivity index (χ2n) is 11.6. The number of hydrogen-bond acceptors (Lipinski definition) is 5. The lowest BCUT2D eigenvalue weighted by molar-refractivity contribution is -0.124. The molecule has 3 heterocycles. The number of aromatic carboxylic acids is 1. The number of amides is 2. The topological polar surface area (TPSA) is 90.8 Å². The first-order valence-corrected chi connectivity index (χ1v) is 14.3. The van der Waals surface area contributed by atoms with E-state index in [9.17, 15) is 19.5 Å². The fraction of sp³-hybridized carbons (Fsp3) is 0.533. The fourth-order valence-corrected chi connectivity index (χ4v) is 6.09. The summed E-state index contributed by atoms with van der Waals surface area (Å²) in [4.78, 5) is 47.4. The van der Waals surface area contributed by atoms with Gasteiger partial charge < -0.3 is 14.9 Å². The van der Waals surface area contributed by atoms with Gasteiger partial charge in [0.25, 0.3) is 5.91 Å². The molecular formula is C30H37N3O4S. The normalized spacial score (nSPS) is 23.7. The summed E-state index contributed by atoms with van der Waals surface area (Å²) in [5.41, 5.74) is 0.711. The number of carboxylic acids is 1. The highest BCUT2D eigenvalue weighted by Crippen LogP contribution is 2.37. The number of carbonyl (C=O) groups excluding carboxylic acids is 2. The first-order valence-electron chi connectivity index (χ1n) is 13.4. The molecule has 1 aliphatic carbocycles. The number of thiophene rings is 1. The Morgan fingerprint density at radius 2 is 1.87 bits per heavy atom. The molecule has 2 amide bonds. The van der Waals surface area contributed by atoms with Crippen molar-refractivity contribution in [2.24, 2.45) is 17.3 Å². The van der Waals surface area contributed by atoms with Crippen molar-refractivity contribution < 1.29 is 19.5 Å². The van der Waals surface area contributed by atoms with Crippen LogP contribution in [0.1, 0.15) is 86.2 Å². The predicted octanol–water partition coefficient (Wildman–Crippen LogP) is 5.72. The Morgan fingerprint density at radius 1 is 1.13 bits per heavy atom. The molecule has 7 nitrogen and oxygen atoms in total. The Morgan fingerprint density at radius 3 is 2.50 bits per heavy atom. The number of rotatable bonds is 5. The molecule has 4 rings (SSSR count). The molecule has 1 saturated carbocycles. The standard InChI is InChI=1S/C30H37N3O4S/c1-20-7-9-21(10-8-20)28(35)33(25-13-17-38-26(25)29(36)37)24-12-16-32(23(18-24)11-14-30(2,3)4)27(34)22-6-5-15-31-19-22/h5-6,13,15,17,19-21,23-24H,7-10,12,16,18H2,1-4H3,(H,36,37). The van der Waals surface area contributed by atoms with Gasteiger partial charge in [-0.1, -0.05) is 18.8 Å². The van der Waals surface area contributed by atoms with Crippen LogP contribution in [-0.4, -0.2) is 51.4 Å². The molecule has 2 aromatic rings. The van der Waals surface area contributed by atoms with Gasteiger partial charge in [-0.25, -0.2) is 4.79 Å². The molecule has 8 heteroatoms. The minimum absolute atomic E-state index is 0.00244. The van der Waals surface area contributed by atoms with Gasteiger partial charge in [-0.15, -0.1) is 11.3 Å². The molecule has 202 valence electrons. The quantitative estimate of drug-likeness (QED) is 0.494. The van der Waals surface area contributed by atoms with E-state index in [-0.39, 0.29) is 34.1 Å². The van der Waals surface area contributed by atoms with Crippen molar-refractivity contribution in [2.45, 2.75) is 78.3 Å². The molecule has 2 unspecified atom stereocenters. The number of likely N-dealkylation sites (tertiary alicyclic amines) is 1. The van der Waals surface area contributed by atoms with E-state index < -0.39 is 12.0 Å². The van der Waals surface area contributed by atoms with E-state index >= 15 is 0 Å². The largest absolute Gasteiger partial charge is 0.477 e. The van der Waals surface area contributed by atoms with Gasteiger partial charge in [0, 0.05) is 42.7 Å². The van der Waals surface area contributed by atoms with Crippen molar-refractivity contribution in [2.75, 3.05) is 11.4 Å². The summed E-state index contributed by atoms with van der Waals surface area (Å²) in [5, 5.41) is 11.6. The predicted molar refractivity (Wildman–Crippen MR) is 149 cm³/mol. The average molecular weight is 536 g/mol. The maximum absolute atomic E-state index is 14.1. The minimum Gasteiger partial charge on any atom is -0.477 e. The van der Waals surface area contributed by atoms with Crippen LogP contribution in [0, 0.1) is 29.1 Å². The molecule has 1 aliphatic heterocycles. The van der Waals surface area contributed by atoms with E-state index in [1.54, 1.807) is 45.8 Å². The Balaban J connectivity index is 1.68.